The van der Waals surface area contributed by atoms with E-state index in [1.807, 2.05) is 20.8 Å². The number of anilines is 1. The molecule has 0 radical (unpaired) electrons. The fourth-order valence-electron chi connectivity index (χ4n) is 3.31. The van der Waals surface area contributed by atoms with E-state index in [2.05, 4.69) is 20.6 Å². The molecule has 0 saturated heterocycles. The molecule has 0 aliphatic carbocycles. The molecule has 0 saturated carbocycles. The third-order valence-electron chi connectivity index (χ3n) is 5.14. The summed E-state index contributed by atoms with van der Waals surface area (Å²) >= 11 is 0. The third kappa shape index (κ3) is 5.85. The molecule has 1 aromatic carbocycles. The molecule has 2 heterocycles. The normalized spacial score (nSPS) is 11.8. The minimum atomic E-state index is -3.62. The molecule has 2 aromatic heterocycles. The lowest BCUT2D eigenvalue weighted by Crippen LogP contribution is -2.33. The number of nitrogens with zero attached hydrogens (tertiary/aromatic N) is 5. The van der Waals surface area contributed by atoms with Gasteiger partial charge in [0.25, 0.3) is 11.8 Å². The first kappa shape index (κ1) is 24.6. The number of aryl methyl sites for hydroxylation is 2. The van der Waals surface area contributed by atoms with Crippen molar-refractivity contribution < 1.29 is 17.6 Å². The molecule has 3 rings (SSSR count). The van der Waals surface area contributed by atoms with Gasteiger partial charge in [0.15, 0.2) is 0 Å². The van der Waals surface area contributed by atoms with Crippen molar-refractivity contribution in [2.75, 3.05) is 18.4 Å². The number of carbonyl (C=O) groups excluding carboxylic acids is 1. The molecule has 178 valence electrons. The predicted octanol–water partition coefficient (Wildman–Crippen LogP) is 3.62. The zero-order valence-electron chi connectivity index (χ0n) is 19.4. The lowest BCUT2D eigenvalue weighted by Gasteiger charge is -2.22. The summed E-state index contributed by atoms with van der Waals surface area (Å²) in [6.45, 7) is 6.87. The molecule has 0 unspecified atom stereocenters. The van der Waals surface area contributed by atoms with Crippen LogP contribution in [0, 0.1) is 6.92 Å². The molecule has 1 N–H and O–H groups in total. The Kier molecular flexibility index (Phi) is 7.98. The highest BCUT2D eigenvalue weighted by molar-refractivity contribution is 7.89. The maximum atomic E-state index is 13.1. The van der Waals surface area contributed by atoms with Crippen molar-refractivity contribution in [1.82, 2.24) is 24.3 Å². The molecule has 0 atom stereocenters. The lowest BCUT2D eigenvalue weighted by molar-refractivity contribution is 0.102. The summed E-state index contributed by atoms with van der Waals surface area (Å²) in [6, 6.07) is 7.59. The van der Waals surface area contributed by atoms with Gasteiger partial charge in [0.2, 0.25) is 10.0 Å². The van der Waals surface area contributed by atoms with Crippen molar-refractivity contribution in [3.63, 3.8) is 0 Å². The van der Waals surface area contributed by atoms with Crippen LogP contribution in [0.5, 0.6) is 0 Å². The first-order chi connectivity index (χ1) is 15.8. The quantitative estimate of drug-likeness (QED) is 0.450. The number of rotatable bonds is 11. The number of hydrogen-bond acceptors (Lipinski definition) is 7. The standard InChI is InChI=1S/C22H30N6O4S/c1-5-7-13-28(14-8-6-2)33(30,31)18-11-9-17(10-12-18)20(29)23-22-25-24-21(32-22)19-15-16(3)26-27(19)4/h9-12,15H,5-8,13-14H2,1-4H3,(H,23,25,29). The van der Waals surface area contributed by atoms with Crippen molar-refractivity contribution in [3.05, 3.63) is 41.6 Å². The summed E-state index contributed by atoms with van der Waals surface area (Å²) in [5.74, 6) is -0.252. The Morgan fingerprint density at radius 1 is 1.09 bits per heavy atom. The van der Waals surface area contributed by atoms with Crippen molar-refractivity contribution in [2.45, 2.75) is 51.3 Å². The van der Waals surface area contributed by atoms with Crippen LogP contribution in [-0.4, -0.2) is 51.7 Å². The van der Waals surface area contributed by atoms with E-state index in [0.717, 1.165) is 31.4 Å². The highest BCUT2D eigenvalue weighted by atomic mass is 32.2. The smallest absolute Gasteiger partial charge is 0.322 e. The van der Waals surface area contributed by atoms with E-state index in [1.165, 1.54) is 28.6 Å². The van der Waals surface area contributed by atoms with E-state index in [1.54, 1.807) is 17.8 Å². The van der Waals surface area contributed by atoms with Crippen LogP contribution in [0.25, 0.3) is 11.6 Å². The van der Waals surface area contributed by atoms with Gasteiger partial charge in [-0.05, 0) is 50.1 Å². The molecule has 0 fully saturated rings. The molecule has 10 nitrogen and oxygen atoms in total. The number of carbonyl (C=O) groups is 1. The van der Waals surface area contributed by atoms with Crippen LogP contribution in [0.2, 0.25) is 0 Å². The number of sulfonamides is 1. The van der Waals surface area contributed by atoms with Gasteiger partial charge in [-0.25, -0.2) is 8.42 Å². The highest BCUT2D eigenvalue weighted by Gasteiger charge is 2.24. The number of nitrogens with one attached hydrogen (secondary N) is 1. The minimum Gasteiger partial charge on any atom is -0.401 e. The molecular weight excluding hydrogens is 444 g/mol. The van der Waals surface area contributed by atoms with Crippen LogP contribution in [0.4, 0.5) is 6.01 Å². The van der Waals surface area contributed by atoms with E-state index < -0.39 is 15.9 Å². The van der Waals surface area contributed by atoms with Gasteiger partial charge < -0.3 is 4.42 Å². The van der Waals surface area contributed by atoms with Gasteiger partial charge in [0, 0.05) is 25.7 Å². The fourth-order valence-corrected chi connectivity index (χ4v) is 4.82. The molecule has 1 amide bonds. The van der Waals surface area contributed by atoms with Gasteiger partial charge >= 0.3 is 6.01 Å². The van der Waals surface area contributed by atoms with Crippen LogP contribution in [-0.2, 0) is 17.1 Å². The van der Waals surface area contributed by atoms with E-state index in [0.29, 0.717) is 18.8 Å². The maximum Gasteiger partial charge on any atom is 0.322 e. The van der Waals surface area contributed by atoms with Crippen LogP contribution in [0.15, 0.2) is 39.6 Å². The molecule has 3 aromatic rings. The van der Waals surface area contributed by atoms with Crippen molar-refractivity contribution in [3.8, 4) is 11.6 Å². The molecule has 0 aliphatic rings. The summed E-state index contributed by atoms with van der Waals surface area (Å²) in [5, 5.41) is 14.6. The van der Waals surface area contributed by atoms with Crippen molar-refractivity contribution in [2.24, 2.45) is 7.05 Å². The van der Waals surface area contributed by atoms with Gasteiger partial charge in [0.1, 0.15) is 5.69 Å². The number of hydrogen-bond donors (Lipinski definition) is 1. The second kappa shape index (κ2) is 10.7. The van der Waals surface area contributed by atoms with Gasteiger partial charge in [-0.1, -0.05) is 31.8 Å². The Morgan fingerprint density at radius 3 is 2.27 bits per heavy atom. The second-order valence-corrected chi connectivity index (χ2v) is 9.73. The highest BCUT2D eigenvalue weighted by Crippen LogP contribution is 2.21. The van der Waals surface area contributed by atoms with Crippen molar-refractivity contribution >= 4 is 21.9 Å². The number of unbranched alkanes of at least 4 members (excludes halogenated alkanes) is 2. The maximum absolute atomic E-state index is 13.1. The van der Waals surface area contributed by atoms with Crippen LogP contribution >= 0.6 is 0 Å². The van der Waals surface area contributed by atoms with Gasteiger partial charge in [-0.15, -0.1) is 5.10 Å². The van der Waals surface area contributed by atoms with E-state index in [9.17, 15) is 13.2 Å². The topological polar surface area (TPSA) is 123 Å². The Hall–Kier alpha value is -3.05. The summed E-state index contributed by atoms with van der Waals surface area (Å²) < 4.78 is 34.8. The number of amides is 1. The Labute approximate surface area is 194 Å². The van der Waals surface area contributed by atoms with Crippen LogP contribution in [0.3, 0.4) is 0 Å². The summed E-state index contributed by atoms with van der Waals surface area (Å²) in [7, 11) is -1.87. The third-order valence-corrected chi connectivity index (χ3v) is 7.06. The lowest BCUT2D eigenvalue weighted by atomic mass is 10.2. The molecule has 0 bridgehead atoms. The van der Waals surface area contributed by atoms with Gasteiger partial charge in [-0.2, -0.15) is 9.40 Å². The zero-order chi connectivity index (χ0) is 24.0. The van der Waals surface area contributed by atoms with Gasteiger partial charge in [-0.3, -0.25) is 14.8 Å². The van der Waals surface area contributed by atoms with Crippen molar-refractivity contribution in [1.29, 1.82) is 0 Å². The van der Waals surface area contributed by atoms with E-state index in [4.69, 9.17) is 4.42 Å². The fraction of sp³-hybridized carbons (Fsp3) is 0.455. The summed E-state index contributed by atoms with van der Waals surface area (Å²) in [6.07, 6.45) is 3.42. The van der Waals surface area contributed by atoms with Gasteiger partial charge in [0.05, 0.1) is 10.6 Å². The molecule has 0 spiro atoms. The van der Waals surface area contributed by atoms with Crippen LogP contribution < -0.4 is 5.32 Å². The molecule has 33 heavy (non-hydrogen) atoms. The Morgan fingerprint density at radius 2 is 1.73 bits per heavy atom. The average Bonchev–Trinajstić information content (AvgIpc) is 3.38. The first-order valence-corrected chi connectivity index (χ1v) is 12.5. The second-order valence-electron chi connectivity index (χ2n) is 7.80. The summed E-state index contributed by atoms with van der Waals surface area (Å²) in [4.78, 5) is 12.8. The monoisotopic (exact) mass is 474 g/mol. The Balaban J connectivity index is 1.71. The summed E-state index contributed by atoms with van der Waals surface area (Å²) in [5.41, 5.74) is 1.71. The van der Waals surface area contributed by atoms with E-state index >= 15 is 0 Å². The molecular formula is C22H30N6O4S. The average molecular weight is 475 g/mol. The van der Waals surface area contributed by atoms with E-state index in [-0.39, 0.29) is 22.4 Å². The molecule has 11 heteroatoms. The molecule has 0 aliphatic heterocycles. The Bertz CT molecular complexity index is 1180. The first-order valence-electron chi connectivity index (χ1n) is 11.0. The minimum absolute atomic E-state index is 0.0594. The van der Waals surface area contributed by atoms with Crippen LogP contribution in [0.1, 0.15) is 55.6 Å². The number of benzene rings is 1. The zero-order valence-corrected chi connectivity index (χ0v) is 20.2. The largest absolute Gasteiger partial charge is 0.401 e. The predicted molar refractivity (Wildman–Crippen MR) is 124 cm³/mol. The number of aromatic nitrogens is 4. The SMILES string of the molecule is CCCCN(CCCC)S(=O)(=O)c1ccc(C(=O)Nc2nnc(-c3cc(C)nn3C)o2)cc1.